The van der Waals surface area contributed by atoms with Gasteiger partial charge >= 0.3 is 5.97 Å². The highest BCUT2D eigenvalue weighted by atomic mass is 16.5. The van der Waals surface area contributed by atoms with E-state index in [9.17, 15) is 9.59 Å². The molecule has 25 heavy (non-hydrogen) atoms. The van der Waals surface area contributed by atoms with Gasteiger partial charge in [-0.25, -0.2) is 0 Å². The van der Waals surface area contributed by atoms with Crippen LogP contribution in [0.5, 0.6) is 0 Å². The van der Waals surface area contributed by atoms with E-state index in [4.69, 9.17) is 4.74 Å². The lowest BCUT2D eigenvalue weighted by Crippen LogP contribution is -2.45. The zero-order valence-electron chi connectivity index (χ0n) is 15.5. The average molecular weight is 346 g/mol. The Hall–Kier alpha value is -1.88. The van der Waals surface area contributed by atoms with Crippen molar-refractivity contribution in [2.75, 3.05) is 26.2 Å². The van der Waals surface area contributed by atoms with Gasteiger partial charge in [-0.15, -0.1) is 0 Å². The number of esters is 1. The molecule has 1 aliphatic heterocycles. The summed E-state index contributed by atoms with van der Waals surface area (Å²) in [6, 6.07) is 10.0. The summed E-state index contributed by atoms with van der Waals surface area (Å²) in [4.78, 5) is 26.5. The van der Waals surface area contributed by atoms with Crippen molar-refractivity contribution >= 4 is 11.9 Å². The van der Waals surface area contributed by atoms with Gasteiger partial charge < -0.3 is 10.1 Å². The largest absolute Gasteiger partial charge is 0.466 e. The molecule has 2 rings (SSSR count). The predicted octanol–water partition coefficient (Wildman–Crippen LogP) is 2.78. The molecule has 0 aliphatic carbocycles. The van der Waals surface area contributed by atoms with Gasteiger partial charge in [-0.1, -0.05) is 44.2 Å². The standard InChI is InChI=1S/C20H30N2O3/c1-4-25-20(24)17-11-8-12-22(13-17)14-18(23)21-19(15(2)3)16-9-6-5-7-10-16/h5-7,9-10,15,17,19H,4,8,11-14H2,1-3H3,(H,21,23)/t17-,19+/m1/s1. The van der Waals surface area contributed by atoms with E-state index < -0.39 is 0 Å². The molecule has 1 fully saturated rings. The first kappa shape index (κ1) is 19.4. The van der Waals surface area contributed by atoms with Crippen LogP contribution in [0, 0.1) is 11.8 Å². The molecule has 1 N–H and O–H groups in total. The molecule has 1 heterocycles. The lowest BCUT2D eigenvalue weighted by Gasteiger charge is -2.32. The summed E-state index contributed by atoms with van der Waals surface area (Å²) in [6.45, 7) is 8.21. The van der Waals surface area contributed by atoms with Crippen molar-refractivity contribution in [3.05, 3.63) is 35.9 Å². The van der Waals surface area contributed by atoms with Crippen molar-refractivity contribution in [1.82, 2.24) is 10.2 Å². The Bertz CT molecular complexity index is 559. The second kappa shape index (κ2) is 9.56. The number of benzene rings is 1. The van der Waals surface area contributed by atoms with Crippen molar-refractivity contribution in [3.8, 4) is 0 Å². The number of carbonyl (C=O) groups is 2. The highest BCUT2D eigenvalue weighted by molar-refractivity contribution is 5.79. The van der Waals surface area contributed by atoms with Gasteiger partial charge in [0.05, 0.1) is 25.1 Å². The van der Waals surface area contributed by atoms with Crippen LogP contribution >= 0.6 is 0 Å². The first-order valence-corrected chi connectivity index (χ1v) is 9.24. The van der Waals surface area contributed by atoms with Crippen LogP contribution in [0.15, 0.2) is 30.3 Å². The van der Waals surface area contributed by atoms with E-state index in [0.29, 0.717) is 25.6 Å². The summed E-state index contributed by atoms with van der Waals surface area (Å²) in [5.74, 6) is 0.0560. The van der Waals surface area contributed by atoms with Crippen molar-refractivity contribution in [2.45, 2.75) is 39.7 Å². The Morgan fingerprint density at radius 1 is 1.28 bits per heavy atom. The molecule has 0 bridgehead atoms. The Labute approximate surface area is 150 Å². The predicted molar refractivity (Wildman–Crippen MR) is 98.0 cm³/mol. The van der Waals surface area contributed by atoms with Crippen LogP contribution in [0.1, 0.15) is 45.2 Å². The number of nitrogens with zero attached hydrogens (tertiary/aromatic N) is 1. The molecule has 1 aromatic rings. The topological polar surface area (TPSA) is 58.6 Å². The molecule has 0 saturated carbocycles. The molecule has 2 atom stereocenters. The summed E-state index contributed by atoms with van der Waals surface area (Å²) in [5, 5.41) is 3.15. The number of hydrogen-bond donors (Lipinski definition) is 1. The third kappa shape index (κ3) is 5.85. The van der Waals surface area contributed by atoms with E-state index in [-0.39, 0.29) is 23.8 Å². The molecular weight excluding hydrogens is 316 g/mol. The number of nitrogens with one attached hydrogen (secondary N) is 1. The van der Waals surface area contributed by atoms with Crippen LogP contribution in [-0.2, 0) is 14.3 Å². The molecule has 0 spiro atoms. The summed E-state index contributed by atoms with van der Waals surface area (Å²) < 4.78 is 5.12. The average Bonchev–Trinajstić information content (AvgIpc) is 2.60. The van der Waals surface area contributed by atoms with Crippen LogP contribution in [0.4, 0.5) is 0 Å². The molecular formula is C20H30N2O3. The Balaban J connectivity index is 1.91. The van der Waals surface area contributed by atoms with E-state index in [0.717, 1.165) is 24.9 Å². The minimum atomic E-state index is -0.142. The lowest BCUT2D eigenvalue weighted by atomic mass is 9.96. The fourth-order valence-electron chi connectivity index (χ4n) is 3.37. The molecule has 1 aromatic carbocycles. The molecule has 0 unspecified atom stereocenters. The molecule has 1 aliphatic rings. The SMILES string of the molecule is CCOC(=O)[C@@H]1CCCN(CC(=O)N[C@H](c2ccccc2)C(C)C)C1. The third-order valence-corrected chi connectivity index (χ3v) is 4.63. The van der Waals surface area contributed by atoms with E-state index in [1.807, 2.05) is 37.3 Å². The van der Waals surface area contributed by atoms with Crippen LogP contribution in [-0.4, -0.2) is 43.0 Å². The van der Waals surface area contributed by atoms with Crippen molar-refractivity contribution in [3.63, 3.8) is 0 Å². The quantitative estimate of drug-likeness (QED) is 0.771. The maximum Gasteiger partial charge on any atom is 0.310 e. The highest BCUT2D eigenvalue weighted by Gasteiger charge is 2.28. The van der Waals surface area contributed by atoms with Crippen LogP contribution < -0.4 is 5.32 Å². The normalized spacial score (nSPS) is 19.4. The number of likely N-dealkylation sites (tertiary alicyclic amines) is 1. The molecule has 5 nitrogen and oxygen atoms in total. The molecule has 1 amide bonds. The van der Waals surface area contributed by atoms with E-state index in [1.165, 1.54) is 0 Å². The summed E-state index contributed by atoms with van der Waals surface area (Å²) in [6.07, 6.45) is 1.76. The van der Waals surface area contributed by atoms with Crippen molar-refractivity contribution < 1.29 is 14.3 Å². The van der Waals surface area contributed by atoms with Gasteiger partial charge in [-0.05, 0) is 37.8 Å². The van der Waals surface area contributed by atoms with Crippen LogP contribution in [0.25, 0.3) is 0 Å². The number of ether oxygens (including phenoxy) is 1. The van der Waals surface area contributed by atoms with E-state index in [2.05, 4.69) is 24.1 Å². The summed E-state index contributed by atoms with van der Waals surface area (Å²) in [5.41, 5.74) is 1.12. The lowest BCUT2D eigenvalue weighted by molar-refractivity contribution is -0.150. The maximum atomic E-state index is 12.5. The Morgan fingerprint density at radius 2 is 2.00 bits per heavy atom. The fraction of sp³-hybridized carbons (Fsp3) is 0.600. The molecule has 0 aromatic heterocycles. The monoisotopic (exact) mass is 346 g/mol. The third-order valence-electron chi connectivity index (χ3n) is 4.63. The zero-order valence-corrected chi connectivity index (χ0v) is 15.5. The van der Waals surface area contributed by atoms with Gasteiger partial charge in [0, 0.05) is 6.54 Å². The van der Waals surface area contributed by atoms with Crippen molar-refractivity contribution in [2.24, 2.45) is 11.8 Å². The van der Waals surface area contributed by atoms with Gasteiger partial charge in [0.1, 0.15) is 0 Å². The first-order valence-electron chi connectivity index (χ1n) is 9.24. The minimum absolute atomic E-state index is 0.000607. The molecule has 5 heteroatoms. The Morgan fingerprint density at radius 3 is 2.64 bits per heavy atom. The summed E-state index contributed by atoms with van der Waals surface area (Å²) in [7, 11) is 0. The minimum Gasteiger partial charge on any atom is -0.466 e. The number of rotatable bonds is 7. The second-order valence-electron chi connectivity index (χ2n) is 7.03. The van der Waals surface area contributed by atoms with Crippen molar-refractivity contribution in [1.29, 1.82) is 0 Å². The van der Waals surface area contributed by atoms with Gasteiger partial charge in [0.15, 0.2) is 0 Å². The fourth-order valence-corrected chi connectivity index (χ4v) is 3.37. The number of piperidine rings is 1. The number of carbonyl (C=O) groups excluding carboxylic acids is 2. The molecule has 0 radical (unpaired) electrons. The Kier molecular flexibility index (Phi) is 7.44. The van der Waals surface area contributed by atoms with Gasteiger partial charge in [0.2, 0.25) is 5.91 Å². The van der Waals surface area contributed by atoms with Crippen LogP contribution in [0.3, 0.4) is 0 Å². The number of amides is 1. The van der Waals surface area contributed by atoms with Gasteiger partial charge in [-0.3, -0.25) is 14.5 Å². The molecule has 1 saturated heterocycles. The second-order valence-corrected chi connectivity index (χ2v) is 7.03. The summed E-state index contributed by atoms with van der Waals surface area (Å²) >= 11 is 0. The molecule has 138 valence electrons. The smallest absolute Gasteiger partial charge is 0.310 e. The maximum absolute atomic E-state index is 12.5. The van der Waals surface area contributed by atoms with Gasteiger partial charge in [-0.2, -0.15) is 0 Å². The van der Waals surface area contributed by atoms with E-state index >= 15 is 0 Å². The first-order chi connectivity index (χ1) is 12.0. The van der Waals surface area contributed by atoms with Crippen LogP contribution in [0.2, 0.25) is 0 Å². The van der Waals surface area contributed by atoms with E-state index in [1.54, 1.807) is 0 Å². The number of hydrogen-bond acceptors (Lipinski definition) is 4. The van der Waals surface area contributed by atoms with Gasteiger partial charge in [0.25, 0.3) is 0 Å². The highest BCUT2D eigenvalue weighted by Crippen LogP contribution is 2.22. The zero-order chi connectivity index (χ0) is 18.2.